The van der Waals surface area contributed by atoms with Crippen molar-refractivity contribution in [2.24, 2.45) is 0 Å². The molecule has 5 nitrogen and oxygen atoms in total. The van der Waals surface area contributed by atoms with Crippen LogP contribution >= 0.6 is 0 Å². The van der Waals surface area contributed by atoms with Crippen LogP contribution in [0.2, 0.25) is 0 Å². The Morgan fingerprint density at radius 1 is 0.960 bits per heavy atom. The lowest BCUT2D eigenvalue weighted by atomic mass is 10.1. The van der Waals surface area contributed by atoms with Gasteiger partial charge in [-0.25, -0.2) is 4.98 Å². The molecule has 0 saturated carbocycles. The van der Waals surface area contributed by atoms with Crippen molar-refractivity contribution in [2.75, 3.05) is 18.0 Å². The number of anilines is 1. The van der Waals surface area contributed by atoms with Gasteiger partial charge in [-0.3, -0.25) is 5.41 Å². The number of para-hydroxylation sites is 2. The van der Waals surface area contributed by atoms with Crippen molar-refractivity contribution in [1.82, 2.24) is 4.98 Å². The van der Waals surface area contributed by atoms with Crippen molar-refractivity contribution in [2.45, 2.75) is 13.8 Å². The predicted octanol–water partition coefficient (Wildman–Crippen LogP) is 4.57. The molecule has 0 saturated heterocycles. The molecule has 0 aliphatic heterocycles. The van der Waals surface area contributed by atoms with Crippen LogP contribution in [0.3, 0.4) is 0 Å². The van der Waals surface area contributed by atoms with Gasteiger partial charge in [0.05, 0.1) is 5.56 Å². The Bertz CT molecular complexity index is 1070. The van der Waals surface area contributed by atoms with E-state index in [4.69, 9.17) is 14.2 Å². The van der Waals surface area contributed by atoms with Gasteiger partial charge in [0.1, 0.15) is 11.1 Å². The normalized spacial score (nSPS) is 11.3. The van der Waals surface area contributed by atoms with Gasteiger partial charge in [0, 0.05) is 30.2 Å². The lowest BCUT2D eigenvalue weighted by Gasteiger charge is -2.21. The van der Waals surface area contributed by atoms with E-state index in [0.717, 1.165) is 29.7 Å². The second-order valence-electron chi connectivity index (χ2n) is 5.87. The fraction of sp³-hybridized carbons (Fsp3) is 0.200. The quantitative estimate of drug-likeness (QED) is 0.594. The summed E-state index contributed by atoms with van der Waals surface area (Å²) in [6.07, 6.45) is 0. The van der Waals surface area contributed by atoms with E-state index in [2.05, 4.69) is 29.8 Å². The number of hydrogen-bond acceptors (Lipinski definition) is 5. The monoisotopic (exact) mass is 333 g/mol. The molecule has 2 heterocycles. The molecule has 0 aliphatic carbocycles. The Morgan fingerprint density at radius 2 is 1.76 bits per heavy atom. The molecule has 0 fully saturated rings. The molecule has 0 spiro atoms. The molecule has 1 N–H and O–H groups in total. The highest BCUT2D eigenvalue weighted by Crippen LogP contribution is 2.26. The fourth-order valence-corrected chi connectivity index (χ4v) is 3.05. The van der Waals surface area contributed by atoms with E-state index in [1.807, 2.05) is 42.5 Å². The Hall–Kier alpha value is -3.08. The van der Waals surface area contributed by atoms with Crippen molar-refractivity contribution in [3.05, 3.63) is 54.1 Å². The minimum Gasteiger partial charge on any atom is -0.438 e. The molecule has 0 radical (unpaired) electrons. The Kier molecular flexibility index (Phi) is 3.76. The smallest absolute Gasteiger partial charge is 0.232 e. The van der Waals surface area contributed by atoms with Gasteiger partial charge in [-0.1, -0.05) is 12.1 Å². The predicted molar refractivity (Wildman–Crippen MR) is 98.6 cm³/mol. The molecule has 25 heavy (non-hydrogen) atoms. The van der Waals surface area contributed by atoms with Crippen LogP contribution in [0.1, 0.15) is 13.8 Å². The maximum atomic E-state index is 8.25. The van der Waals surface area contributed by atoms with Gasteiger partial charge in [0.25, 0.3) is 0 Å². The SMILES string of the molecule is CCN(CC)c1ccc2cc(-c3nc4ccccc4o3)c(=N)oc2c1. The number of rotatable bonds is 4. The van der Waals surface area contributed by atoms with Crippen LogP contribution in [-0.2, 0) is 0 Å². The standard InChI is InChI=1S/C20H19N3O2/c1-3-23(4-2)14-10-9-13-11-15(19(21)24-18(13)12-14)20-22-16-7-5-6-8-17(16)25-20/h5-12,21H,3-4H2,1-2H3. The van der Waals surface area contributed by atoms with Crippen LogP contribution in [-0.4, -0.2) is 18.1 Å². The molecule has 0 aliphatic rings. The van der Waals surface area contributed by atoms with E-state index in [1.54, 1.807) is 0 Å². The van der Waals surface area contributed by atoms with Crippen LogP contribution in [0.25, 0.3) is 33.5 Å². The van der Waals surface area contributed by atoms with Crippen molar-refractivity contribution < 1.29 is 8.83 Å². The molecule has 0 bridgehead atoms. The van der Waals surface area contributed by atoms with E-state index in [1.165, 1.54) is 0 Å². The van der Waals surface area contributed by atoms with Gasteiger partial charge in [0.2, 0.25) is 11.4 Å². The van der Waals surface area contributed by atoms with E-state index >= 15 is 0 Å². The summed E-state index contributed by atoms with van der Waals surface area (Å²) in [5.41, 5.74) is 3.86. The summed E-state index contributed by atoms with van der Waals surface area (Å²) in [5.74, 6) is 0.407. The number of nitrogens with zero attached hydrogens (tertiary/aromatic N) is 2. The van der Waals surface area contributed by atoms with Crippen LogP contribution in [0.4, 0.5) is 5.69 Å². The number of aromatic nitrogens is 1. The molecular weight excluding hydrogens is 314 g/mol. The Morgan fingerprint density at radius 3 is 2.52 bits per heavy atom. The zero-order valence-electron chi connectivity index (χ0n) is 14.2. The number of nitrogens with one attached hydrogen (secondary N) is 1. The van der Waals surface area contributed by atoms with Crippen LogP contribution < -0.4 is 10.5 Å². The first-order chi connectivity index (χ1) is 12.2. The van der Waals surface area contributed by atoms with Gasteiger partial charge in [0.15, 0.2) is 5.58 Å². The molecule has 4 aromatic rings. The van der Waals surface area contributed by atoms with Crippen LogP contribution in [0.15, 0.2) is 57.4 Å². The number of hydrogen-bond donors (Lipinski definition) is 1. The van der Waals surface area contributed by atoms with E-state index in [-0.39, 0.29) is 5.55 Å². The first-order valence-electron chi connectivity index (χ1n) is 8.43. The first kappa shape index (κ1) is 15.4. The summed E-state index contributed by atoms with van der Waals surface area (Å²) in [5, 5.41) is 9.17. The lowest BCUT2D eigenvalue weighted by Crippen LogP contribution is -2.21. The summed E-state index contributed by atoms with van der Waals surface area (Å²) >= 11 is 0. The molecular formula is C20H19N3O2. The van der Waals surface area contributed by atoms with E-state index in [9.17, 15) is 0 Å². The number of oxazole rings is 1. The fourth-order valence-electron chi connectivity index (χ4n) is 3.05. The summed E-state index contributed by atoms with van der Waals surface area (Å²) in [7, 11) is 0. The van der Waals surface area contributed by atoms with Gasteiger partial charge in [-0.05, 0) is 44.2 Å². The molecule has 2 aromatic carbocycles. The van der Waals surface area contributed by atoms with Gasteiger partial charge < -0.3 is 13.7 Å². The number of benzene rings is 2. The van der Waals surface area contributed by atoms with Crippen molar-refractivity contribution in [1.29, 1.82) is 5.41 Å². The van der Waals surface area contributed by atoms with Crippen molar-refractivity contribution in [3.8, 4) is 11.5 Å². The van der Waals surface area contributed by atoms with Crippen LogP contribution in [0, 0.1) is 5.41 Å². The molecule has 5 heteroatoms. The maximum absolute atomic E-state index is 8.25. The zero-order valence-corrected chi connectivity index (χ0v) is 14.2. The topological polar surface area (TPSA) is 66.3 Å². The summed E-state index contributed by atoms with van der Waals surface area (Å²) in [4.78, 5) is 6.71. The highest BCUT2D eigenvalue weighted by atomic mass is 16.4. The molecule has 126 valence electrons. The second kappa shape index (κ2) is 6.09. The highest BCUT2D eigenvalue weighted by Gasteiger charge is 2.13. The van der Waals surface area contributed by atoms with Gasteiger partial charge >= 0.3 is 0 Å². The van der Waals surface area contributed by atoms with Gasteiger partial charge in [-0.15, -0.1) is 0 Å². The third kappa shape index (κ3) is 2.67. The highest BCUT2D eigenvalue weighted by molar-refractivity contribution is 5.84. The molecule has 0 atom stereocenters. The Balaban J connectivity index is 1.84. The number of fused-ring (bicyclic) bond motifs is 2. The van der Waals surface area contributed by atoms with Gasteiger partial charge in [-0.2, -0.15) is 0 Å². The molecule has 2 aromatic heterocycles. The second-order valence-corrected chi connectivity index (χ2v) is 5.87. The summed E-state index contributed by atoms with van der Waals surface area (Å²) < 4.78 is 11.5. The van der Waals surface area contributed by atoms with Crippen molar-refractivity contribution in [3.63, 3.8) is 0 Å². The first-order valence-corrected chi connectivity index (χ1v) is 8.43. The average Bonchev–Trinajstić information content (AvgIpc) is 3.06. The maximum Gasteiger partial charge on any atom is 0.232 e. The molecule has 4 rings (SSSR count). The summed E-state index contributed by atoms with van der Waals surface area (Å²) in [6.45, 7) is 6.10. The van der Waals surface area contributed by atoms with E-state index in [0.29, 0.717) is 22.6 Å². The zero-order chi connectivity index (χ0) is 17.4. The minimum atomic E-state index is 0.0516. The van der Waals surface area contributed by atoms with E-state index < -0.39 is 0 Å². The minimum absolute atomic E-state index is 0.0516. The Labute approximate surface area is 145 Å². The van der Waals surface area contributed by atoms with Crippen LogP contribution in [0.5, 0.6) is 0 Å². The van der Waals surface area contributed by atoms with Crippen molar-refractivity contribution >= 4 is 27.8 Å². The average molecular weight is 333 g/mol. The lowest BCUT2D eigenvalue weighted by molar-refractivity contribution is 0.528. The third-order valence-corrected chi connectivity index (χ3v) is 4.41. The third-order valence-electron chi connectivity index (χ3n) is 4.41. The molecule has 0 amide bonds. The summed E-state index contributed by atoms with van der Waals surface area (Å²) in [6, 6.07) is 15.5. The largest absolute Gasteiger partial charge is 0.438 e. The molecule has 0 unspecified atom stereocenters.